The number of nitrogens with two attached hydrogens (primary N) is 2. The number of rotatable bonds is 3. The highest BCUT2D eigenvalue weighted by Crippen LogP contribution is 2.22. The van der Waals surface area contributed by atoms with E-state index in [0.717, 1.165) is 12.0 Å². The highest BCUT2D eigenvalue weighted by Gasteiger charge is 2.10. The molecule has 2 rings (SSSR count). The Morgan fingerprint density at radius 2 is 2.27 bits per heavy atom. The molecule has 0 bridgehead atoms. The van der Waals surface area contributed by atoms with Crippen molar-refractivity contribution in [3.8, 4) is 0 Å². The van der Waals surface area contributed by atoms with Crippen molar-refractivity contribution in [2.45, 2.75) is 12.5 Å². The second kappa shape index (κ2) is 4.42. The van der Waals surface area contributed by atoms with Crippen molar-refractivity contribution in [3.63, 3.8) is 0 Å². The van der Waals surface area contributed by atoms with Crippen LogP contribution in [-0.4, -0.2) is 4.98 Å². The fourth-order valence-electron chi connectivity index (χ4n) is 1.48. The van der Waals surface area contributed by atoms with Gasteiger partial charge in [0.05, 0.1) is 0 Å². The quantitative estimate of drug-likeness (QED) is 0.829. The van der Waals surface area contributed by atoms with E-state index in [4.69, 9.17) is 11.5 Å². The molecule has 0 spiro atoms. The summed E-state index contributed by atoms with van der Waals surface area (Å²) in [6.45, 7) is 0. The zero-order valence-corrected chi connectivity index (χ0v) is 9.08. The van der Waals surface area contributed by atoms with Crippen LogP contribution in [0, 0.1) is 0 Å². The maximum Gasteiger partial charge on any atom is 0.0393 e. The first-order chi connectivity index (χ1) is 7.27. The van der Waals surface area contributed by atoms with Gasteiger partial charge in [-0.25, -0.2) is 0 Å². The van der Waals surface area contributed by atoms with Crippen LogP contribution in [0.5, 0.6) is 0 Å². The van der Waals surface area contributed by atoms with Gasteiger partial charge in [0.1, 0.15) is 0 Å². The average molecular weight is 219 g/mol. The molecule has 78 valence electrons. The van der Waals surface area contributed by atoms with Gasteiger partial charge in [0.2, 0.25) is 0 Å². The fraction of sp³-hybridized carbons (Fsp3) is 0.182. The summed E-state index contributed by atoms with van der Waals surface area (Å²) in [5, 5.41) is 2.05. The summed E-state index contributed by atoms with van der Waals surface area (Å²) in [4.78, 5) is 5.31. The number of aromatic nitrogens is 1. The predicted octanol–water partition coefficient (Wildman–Crippen LogP) is 1.97. The van der Waals surface area contributed by atoms with E-state index in [1.807, 2.05) is 6.07 Å². The SMILES string of the molecule is Nc1ccncc1C(N)Cc1cccs1. The summed E-state index contributed by atoms with van der Waals surface area (Å²) >= 11 is 1.71. The second-order valence-corrected chi connectivity index (χ2v) is 4.43. The molecule has 0 aromatic carbocycles. The third-order valence-electron chi connectivity index (χ3n) is 2.29. The molecule has 2 heterocycles. The number of nitrogen functional groups attached to an aromatic ring is 1. The van der Waals surface area contributed by atoms with Crippen LogP contribution in [0.4, 0.5) is 5.69 Å². The third-order valence-corrected chi connectivity index (χ3v) is 3.19. The average Bonchev–Trinajstić information content (AvgIpc) is 2.71. The molecule has 0 fully saturated rings. The topological polar surface area (TPSA) is 64.9 Å². The Labute approximate surface area is 92.8 Å². The number of pyridine rings is 1. The molecule has 1 atom stereocenters. The van der Waals surface area contributed by atoms with Crippen molar-refractivity contribution in [2.75, 3.05) is 5.73 Å². The lowest BCUT2D eigenvalue weighted by Crippen LogP contribution is -2.14. The monoisotopic (exact) mass is 219 g/mol. The van der Waals surface area contributed by atoms with Crippen molar-refractivity contribution in [1.82, 2.24) is 4.98 Å². The minimum Gasteiger partial charge on any atom is -0.398 e. The number of thiophene rings is 1. The Bertz CT molecular complexity index is 425. The second-order valence-electron chi connectivity index (χ2n) is 3.39. The third kappa shape index (κ3) is 2.34. The minimum absolute atomic E-state index is 0.0719. The summed E-state index contributed by atoms with van der Waals surface area (Å²) in [5.41, 5.74) is 13.5. The minimum atomic E-state index is -0.0719. The molecule has 4 heteroatoms. The van der Waals surface area contributed by atoms with Crippen LogP contribution in [0.1, 0.15) is 16.5 Å². The summed E-state index contributed by atoms with van der Waals surface area (Å²) in [5.74, 6) is 0. The van der Waals surface area contributed by atoms with Gasteiger partial charge in [-0.1, -0.05) is 6.07 Å². The van der Waals surface area contributed by atoms with Crippen LogP contribution in [0.15, 0.2) is 36.0 Å². The van der Waals surface area contributed by atoms with Crippen molar-refractivity contribution in [2.24, 2.45) is 5.73 Å². The zero-order chi connectivity index (χ0) is 10.7. The molecule has 1 unspecified atom stereocenters. The van der Waals surface area contributed by atoms with Gasteiger partial charge >= 0.3 is 0 Å². The van der Waals surface area contributed by atoms with Crippen molar-refractivity contribution in [1.29, 1.82) is 0 Å². The maximum atomic E-state index is 6.07. The largest absolute Gasteiger partial charge is 0.398 e. The molecule has 15 heavy (non-hydrogen) atoms. The molecule has 2 aromatic heterocycles. The first-order valence-electron chi connectivity index (χ1n) is 4.74. The lowest BCUT2D eigenvalue weighted by Gasteiger charge is -2.12. The van der Waals surface area contributed by atoms with Crippen LogP contribution in [0.2, 0.25) is 0 Å². The molecule has 4 N–H and O–H groups in total. The van der Waals surface area contributed by atoms with Crippen LogP contribution in [0.25, 0.3) is 0 Å². The first-order valence-corrected chi connectivity index (χ1v) is 5.62. The summed E-state index contributed by atoms with van der Waals surface area (Å²) < 4.78 is 0. The molecule has 2 aromatic rings. The Hall–Kier alpha value is -1.39. The number of hydrogen-bond donors (Lipinski definition) is 2. The standard InChI is InChI=1S/C11H13N3S/c12-10-3-4-14-7-9(10)11(13)6-8-2-1-5-15-8/h1-5,7,11H,6,13H2,(H2,12,14). The summed E-state index contributed by atoms with van der Waals surface area (Å²) in [6, 6.07) is 5.82. The highest BCUT2D eigenvalue weighted by molar-refractivity contribution is 7.09. The number of hydrogen-bond acceptors (Lipinski definition) is 4. The van der Waals surface area contributed by atoms with Crippen LogP contribution >= 0.6 is 11.3 Å². The molecular weight excluding hydrogens is 206 g/mol. The van der Waals surface area contributed by atoms with Gasteiger partial charge in [-0.2, -0.15) is 0 Å². The van der Waals surface area contributed by atoms with Crippen LogP contribution in [-0.2, 0) is 6.42 Å². The van der Waals surface area contributed by atoms with Crippen molar-refractivity contribution < 1.29 is 0 Å². The van der Waals surface area contributed by atoms with E-state index in [1.54, 1.807) is 29.8 Å². The lowest BCUT2D eigenvalue weighted by atomic mass is 10.0. The molecule has 0 aliphatic carbocycles. The van der Waals surface area contributed by atoms with E-state index in [0.29, 0.717) is 5.69 Å². The molecule has 0 aliphatic rings. The molecule has 0 saturated heterocycles. The summed E-state index contributed by atoms with van der Waals surface area (Å²) in [6.07, 6.45) is 4.23. The molecule has 0 saturated carbocycles. The van der Waals surface area contributed by atoms with E-state index in [-0.39, 0.29) is 6.04 Å². The maximum absolute atomic E-state index is 6.07. The van der Waals surface area contributed by atoms with E-state index in [2.05, 4.69) is 16.4 Å². The molecule has 0 amide bonds. The lowest BCUT2D eigenvalue weighted by molar-refractivity contribution is 0.728. The Kier molecular flexibility index (Phi) is 2.99. The smallest absolute Gasteiger partial charge is 0.0393 e. The van der Waals surface area contributed by atoms with Crippen LogP contribution in [0.3, 0.4) is 0 Å². The predicted molar refractivity (Wildman–Crippen MR) is 63.6 cm³/mol. The molecule has 0 radical (unpaired) electrons. The highest BCUT2D eigenvalue weighted by atomic mass is 32.1. The van der Waals surface area contributed by atoms with Gasteiger partial charge in [0.25, 0.3) is 0 Å². The number of anilines is 1. The Morgan fingerprint density at radius 3 is 2.93 bits per heavy atom. The van der Waals surface area contributed by atoms with Gasteiger partial charge in [-0.05, 0) is 17.5 Å². The van der Waals surface area contributed by atoms with Gasteiger partial charge in [0, 0.05) is 41.0 Å². The van der Waals surface area contributed by atoms with E-state index >= 15 is 0 Å². The number of nitrogens with zero attached hydrogens (tertiary/aromatic N) is 1. The molecular formula is C11H13N3S. The Balaban J connectivity index is 2.15. The van der Waals surface area contributed by atoms with E-state index < -0.39 is 0 Å². The van der Waals surface area contributed by atoms with E-state index in [1.165, 1.54) is 4.88 Å². The Morgan fingerprint density at radius 1 is 1.40 bits per heavy atom. The zero-order valence-electron chi connectivity index (χ0n) is 8.26. The van der Waals surface area contributed by atoms with Gasteiger partial charge in [0.15, 0.2) is 0 Å². The van der Waals surface area contributed by atoms with Gasteiger partial charge in [-0.15, -0.1) is 11.3 Å². The van der Waals surface area contributed by atoms with Crippen LogP contribution < -0.4 is 11.5 Å². The van der Waals surface area contributed by atoms with Crippen molar-refractivity contribution in [3.05, 3.63) is 46.4 Å². The summed E-state index contributed by atoms with van der Waals surface area (Å²) in [7, 11) is 0. The van der Waals surface area contributed by atoms with Gasteiger partial charge in [-0.3, -0.25) is 4.98 Å². The first kappa shape index (κ1) is 10.1. The van der Waals surface area contributed by atoms with Gasteiger partial charge < -0.3 is 11.5 Å². The molecule has 3 nitrogen and oxygen atoms in total. The fourth-order valence-corrected chi connectivity index (χ4v) is 2.25. The van der Waals surface area contributed by atoms with E-state index in [9.17, 15) is 0 Å². The normalized spacial score (nSPS) is 12.6. The molecule has 0 aliphatic heterocycles. The van der Waals surface area contributed by atoms with Crippen molar-refractivity contribution >= 4 is 17.0 Å².